The average molecular weight is 581 g/mol. The fraction of sp³-hybridized carbons (Fsp3) is 0.643. The van der Waals surface area contributed by atoms with Gasteiger partial charge < -0.3 is 29.2 Å². The van der Waals surface area contributed by atoms with Gasteiger partial charge in [0.1, 0.15) is 0 Å². The first-order chi connectivity index (χ1) is 19.3. The Kier molecular flexibility index (Phi) is 18.5. The standard InChI is InChI=1S/C28H45N4O7P/c1-6-32(22(2)3)40(39-21-13-17-29)38-20-10-8-7-9-18-31-25(33)16-12-19-30-24-15-11-14-23(27(34)36-4)26(24)28(35)37-5/h11,14-15,22,30H,6-10,12-13,16,18-21H2,1-5H3,(H,31,33). The maximum atomic E-state index is 12.2. The predicted octanol–water partition coefficient (Wildman–Crippen LogP) is 5.03. The number of methoxy groups -OCH3 is 2. The maximum Gasteiger partial charge on any atom is 0.340 e. The molecule has 12 heteroatoms. The number of benzene rings is 1. The number of nitrogens with zero attached hydrogens (tertiary/aromatic N) is 2. The van der Waals surface area contributed by atoms with Gasteiger partial charge in [0.2, 0.25) is 5.91 Å². The number of nitriles is 1. The molecular weight excluding hydrogens is 535 g/mol. The summed E-state index contributed by atoms with van der Waals surface area (Å²) >= 11 is 0. The van der Waals surface area contributed by atoms with Crippen molar-refractivity contribution in [3.63, 3.8) is 0 Å². The summed E-state index contributed by atoms with van der Waals surface area (Å²) in [5.41, 5.74) is 0.677. The quantitative estimate of drug-likeness (QED) is 0.116. The van der Waals surface area contributed by atoms with E-state index in [0.29, 0.717) is 57.3 Å². The van der Waals surface area contributed by atoms with Crippen molar-refractivity contribution in [2.45, 2.75) is 71.8 Å². The van der Waals surface area contributed by atoms with Crippen LogP contribution < -0.4 is 10.6 Å². The first kappa shape index (κ1) is 35.3. The predicted molar refractivity (Wildman–Crippen MR) is 155 cm³/mol. The largest absolute Gasteiger partial charge is 0.465 e. The second-order valence-corrected chi connectivity index (χ2v) is 10.7. The molecule has 1 amide bonds. The minimum atomic E-state index is -1.17. The Bertz CT molecular complexity index is 955. The molecule has 0 aliphatic rings. The Morgan fingerprint density at radius 2 is 1.68 bits per heavy atom. The minimum absolute atomic E-state index is 0.0323. The number of ether oxygens (including phenoxy) is 2. The Morgan fingerprint density at radius 1 is 0.975 bits per heavy atom. The van der Waals surface area contributed by atoms with Gasteiger partial charge >= 0.3 is 11.9 Å². The molecule has 1 atom stereocenters. The van der Waals surface area contributed by atoms with Crippen LogP contribution >= 0.6 is 8.53 Å². The number of hydrogen-bond donors (Lipinski definition) is 2. The summed E-state index contributed by atoms with van der Waals surface area (Å²) < 4.78 is 23.6. The number of anilines is 1. The summed E-state index contributed by atoms with van der Waals surface area (Å²) in [4.78, 5) is 36.4. The van der Waals surface area contributed by atoms with Crippen LogP contribution in [0.4, 0.5) is 5.69 Å². The van der Waals surface area contributed by atoms with E-state index in [4.69, 9.17) is 23.8 Å². The first-order valence-corrected chi connectivity index (χ1v) is 14.9. The number of carbonyl (C=O) groups is 3. The third-order valence-corrected chi connectivity index (χ3v) is 7.87. The van der Waals surface area contributed by atoms with Gasteiger partial charge in [0, 0.05) is 37.8 Å². The van der Waals surface area contributed by atoms with Gasteiger partial charge in [-0.25, -0.2) is 14.3 Å². The monoisotopic (exact) mass is 580 g/mol. The van der Waals surface area contributed by atoms with Crippen LogP contribution in [0.3, 0.4) is 0 Å². The van der Waals surface area contributed by atoms with Crippen molar-refractivity contribution in [1.29, 1.82) is 5.26 Å². The number of unbranched alkanes of at least 4 members (excludes halogenated alkanes) is 3. The van der Waals surface area contributed by atoms with Crippen molar-refractivity contribution in [1.82, 2.24) is 9.99 Å². The molecule has 0 aliphatic heterocycles. The fourth-order valence-electron chi connectivity index (χ4n) is 3.84. The molecule has 1 aromatic rings. The molecule has 0 saturated carbocycles. The smallest absolute Gasteiger partial charge is 0.340 e. The van der Waals surface area contributed by atoms with E-state index < -0.39 is 20.5 Å². The molecule has 11 nitrogen and oxygen atoms in total. The molecule has 40 heavy (non-hydrogen) atoms. The number of amides is 1. The zero-order valence-corrected chi connectivity index (χ0v) is 25.4. The van der Waals surface area contributed by atoms with Gasteiger partial charge in [-0.15, -0.1) is 0 Å². The lowest BCUT2D eigenvalue weighted by atomic mass is 10.0. The van der Waals surface area contributed by atoms with Gasteiger partial charge in [-0.2, -0.15) is 5.26 Å². The molecule has 0 bridgehead atoms. The number of carbonyl (C=O) groups excluding carboxylic acids is 3. The van der Waals surface area contributed by atoms with Crippen molar-refractivity contribution >= 4 is 32.1 Å². The highest BCUT2D eigenvalue weighted by molar-refractivity contribution is 7.44. The molecule has 1 unspecified atom stereocenters. The van der Waals surface area contributed by atoms with E-state index in [1.165, 1.54) is 20.3 Å². The summed E-state index contributed by atoms with van der Waals surface area (Å²) in [7, 11) is 1.33. The van der Waals surface area contributed by atoms with E-state index in [2.05, 4.69) is 42.1 Å². The van der Waals surface area contributed by atoms with Crippen molar-refractivity contribution < 1.29 is 32.9 Å². The van der Waals surface area contributed by atoms with E-state index >= 15 is 0 Å². The summed E-state index contributed by atoms with van der Waals surface area (Å²) in [6, 6.07) is 7.22. The first-order valence-electron chi connectivity index (χ1n) is 13.8. The van der Waals surface area contributed by atoms with E-state index in [1.54, 1.807) is 12.1 Å². The lowest BCUT2D eigenvalue weighted by Crippen LogP contribution is -2.27. The number of nitrogens with one attached hydrogen (secondary N) is 2. The fourth-order valence-corrected chi connectivity index (χ4v) is 5.35. The summed E-state index contributed by atoms with van der Waals surface area (Å²) in [5.74, 6) is -1.30. The maximum absolute atomic E-state index is 12.2. The molecule has 0 fully saturated rings. The number of esters is 2. The third kappa shape index (κ3) is 13.1. The molecule has 0 aliphatic carbocycles. The SMILES string of the molecule is CCN(C(C)C)P(OCCC#N)OCCCCCCNC(=O)CCCNc1cccc(C(=O)OC)c1C(=O)OC. The topological polar surface area (TPSA) is 139 Å². The summed E-state index contributed by atoms with van der Waals surface area (Å²) in [5, 5.41) is 14.8. The Morgan fingerprint density at radius 3 is 2.33 bits per heavy atom. The number of rotatable bonds is 21. The Hall–Kier alpha value is -2.77. The van der Waals surface area contributed by atoms with Gasteiger partial charge in [-0.3, -0.25) is 4.79 Å². The highest BCUT2D eigenvalue weighted by atomic mass is 31.2. The molecule has 0 aromatic heterocycles. The van der Waals surface area contributed by atoms with E-state index in [1.807, 2.05) is 0 Å². The molecule has 0 radical (unpaired) electrons. The molecule has 0 saturated heterocycles. The van der Waals surface area contributed by atoms with Crippen LogP contribution in [0.1, 0.15) is 86.4 Å². The van der Waals surface area contributed by atoms with Crippen LogP contribution in [0.25, 0.3) is 0 Å². The highest BCUT2D eigenvalue weighted by Gasteiger charge is 2.23. The lowest BCUT2D eigenvalue weighted by molar-refractivity contribution is -0.121. The van der Waals surface area contributed by atoms with Crippen molar-refractivity contribution in [3.05, 3.63) is 29.3 Å². The van der Waals surface area contributed by atoms with Crippen LogP contribution in [-0.2, 0) is 23.3 Å². The van der Waals surface area contributed by atoms with E-state index in [9.17, 15) is 14.4 Å². The van der Waals surface area contributed by atoms with Crippen LogP contribution in [0, 0.1) is 11.3 Å². The van der Waals surface area contributed by atoms with Crippen LogP contribution in [-0.4, -0.2) is 75.6 Å². The van der Waals surface area contributed by atoms with Crippen molar-refractivity contribution in [2.24, 2.45) is 0 Å². The van der Waals surface area contributed by atoms with Gasteiger partial charge in [-0.1, -0.05) is 25.8 Å². The zero-order chi connectivity index (χ0) is 29.8. The van der Waals surface area contributed by atoms with Gasteiger partial charge in [0.05, 0.1) is 51.1 Å². The van der Waals surface area contributed by atoms with E-state index in [-0.39, 0.29) is 17.0 Å². The van der Waals surface area contributed by atoms with Crippen molar-refractivity contribution in [2.75, 3.05) is 52.4 Å². The summed E-state index contributed by atoms with van der Waals surface area (Å²) in [6.45, 7) is 9.13. The van der Waals surface area contributed by atoms with Gasteiger partial charge in [0.15, 0.2) is 0 Å². The normalized spacial score (nSPS) is 11.7. The van der Waals surface area contributed by atoms with Crippen molar-refractivity contribution in [3.8, 4) is 6.07 Å². The molecule has 0 heterocycles. The Labute approximate surface area is 239 Å². The summed E-state index contributed by atoms with van der Waals surface area (Å²) in [6.07, 6.45) is 4.99. The van der Waals surface area contributed by atoms with E-state index in [0.717, 1.165) is 32.2 Å². The molecule has 1 aromatic carbocycles. The molecular formula is C28H45N4O7P. The second-order valence-electron chi connectivity index (χ2n) is 9.17. The molecule has 2 N–H and O–H groups in total. The lowest BCUT2D eigenvalue weighted by Gasteiger charge is -2.31. The molecule has 1 rings (SSSR count). The highest BCUT2D eigenvalue weighted by Crippen LogP contribution is 2.44. The molecule has 0 spiro atoms. The van der Waals surface area contributed by atoms with Gasteiger partial charge in [-0.05, 0) is 45.2 Å². The molecule has 224 valence electrons. The van der Waals surface area contributed by atoms with Crippen LogP contribution in [0.2, 0.25) is 0 Å². The Balaban J connectivity index is 2.28. The van der Waals surface area contributed by atoms with Gasteiger partial charge in [0.25, 0.3) is 8.53 Å². The zero-order valence-electron chi connectivity index (χ0n) is 24.5. The average Bonchev–Trinajstić information content (AvgIpc) is 2.95. The van der Waals surface area contributed by atoms with Crippen LogP contribution in [0.5, 0.6) is 0 Å². The minimum Gasteiger partial charge on any atom is -0.465 e. The van der Waals surface area contributed by atoms with Crippen LogP contribution in [0.15, 0.2) is 18.2 Å². The number of hydrogen-bond acceptors (Lipinski definition) is 10. The second kappa shape index (κ2) is 21.0. The third-order valence-electron chi connectivity index (χ3n) is 5.90.